The van der Waals surface area contributed by atoms with Crippen molar-refractivity contribution in [3.05, 3.63) is 76.1 Å². The highest BCUT2D eigenvalue weighted by Gasteiger charge is 2.37. The molecule has 1 atom stereocenters. The largest absolute Gasteiger partial charge is 0.351 e. The van der Waals surface area contributed by atoms with Gasteiger partial charge in [0.25, 0.3) is 0 Å². The highest BCUT2D eigenvalue weighted by Crippen LogP contribution is 2.30. The van der Waals surface area contributed by atoms with Crippen LogP contribution in [0.5, 0.6) is 0 Å². The third-order valence-electron chi connectivity index (χ3n) is 5.86. The van der Waals surface area contributed by atoms with Crippen LogP contribution in [0.4, 0.5) is 0 Å². The molecule has 1 saturated heterocycles. The molecule has 2 amide bonds. The zero-order valence-corrected chi connectivity index (χ0v) is 18.5. The maximum absolute atomic E-state index is 12.6. The summed E-state index contributed by atoms with van der Waals surface area (Å²) in [6.07, 6.45) is 3.05. The van der Waals surface area contributed by atoms with E-state index in [9.17, 15) is 9.59 Å². The number of aryl methyl sites for hydroxylation is 1. The van der Waals surface area contributed by atoms with Crippen LogP contribution in [0.3, 0.4) is 0 Å². The molecular formula is C25H27N3O2S. The molecule has 3 aromatic rings. The zero-order valence-electron chi connectivity index (χ0n) is 17.7. The molecule has 1 aromatic heterocycles. The first kappa shape index (κ1) is 21.2. The Hall–Kier alpha value is -2.99. The molecule has 0 spiro atoms. The normalized spacial score (nSPS) is 18.0. The van der Waals surface area contributed by atoms with E-state index in [1.807, 2.05) is 35.8 Å². The average molecular weight is 434 g/mol. The van der Waals surface area contributed by atoms with Crippen LogP contribution in [-0.4, -0.2) is 22.3 Å². The van der Waals surface area contributed by atoms with Gasteiger partial charge >= 0.3 is 0 Å². The minimum absolute atomic E-state index is 0.00292. The van der Waals surface area contributed by atoms with Crippen molar-refractivity contribution in [2.45, 2.75) is 51.1 Å². The van der Waals surface area contributed by atoms with E-state index in [0.717, 1.165) is 29.0 Å². The maximum atomic E-state index is 12.6. The number of hydrogen-bond donors (Lipinski definition) is 2. The fourth-order valence-electron chi connectivity index (χ4n) is 4.13. The van der Waals surface area contributed by atoms with Crippen molar-refractivity contribution in [1.29, 1.82) is 0 Å². The summed E-state index contributed by atoms with van der Waals surface area (Å²) in [6, 6.07) is 18.4. The van der Waals surface area contributed by atoms with Gasteiger partial charge in [0.05, 0.1) is 22.6 Å². The summed E-state index contributed by atoms with van der Waals surface area (Å²) in [5.74, 6) is 0.0709. The molecule has 2 N–H and O–H groups in total. The maximum Gasteiger partial charge on any atom is 0.220 e. The highest BCUT2D eigenvalue weighted by atomic mass is 32.1. The molecule has 0 radical (unpaired) electrons. The van der Waals surface area contributed by atoms with Crippen LogP contribution in [0.25, 0.3) is 11.3 Å². The van der Waals surface area contributed by atoms with Gasteiger partial charge in [-0.15, -0.1) is 11.3 Å². The molecule has 0 unspecified atom stereocenters. The summed E-state index contributed by atoms with van der Waals surface area (Å²) in [6.45, 7) is 2.53. The SMILES string of the molecule is Cc1ccc(C[C@]2(CCC(=O)NCc3scnc3-c3ccccc3)CCC(=O)N2)cc1. The topological polar surface area (TPSA) is 71.1 Å². The summed E-state index contributed by atoms with van der Waals surface area (Å²) in [5.41, 5.74) is 5.84. The average Bonchev–Trinajstić information content (AvgIpc) is 3.40. The van der Waals surface area contributed by atoms with E-state index >= 15 is 0 Å². The smallest absolute Gasteiger partial charge is 0.220 e. The quantitative estimate of drug-likeness (QED) is 0.553. The third kappa shape index (κ3) is 5.39. The van der Waals surface area contributed by atoms with Crippen LogP contribution < -0.4 is 10.6 Å². The van der Waals surface area contributed by atoms with Crippen LogP contribution in [-0.2, 0) is 22.6 Å². The molecule has 1 aliphatic rings. The van der Waals surface area contributed by atoms with Crippen molar-refractivity contribution in [2.75, 3.05) is 0 Å². The number of carbonyl (C=O) groups is 2. The van der Waals surface area contributed by atoms with Gasteiger partial charge in [-0.05, 0) is 31.7 Å². The fourth-order valence-corrected chi connectivity index (χ4v) is 4.85. The van der Waals surface area contributed by atoms with Crippen LogP contribution in [0.2, 0.25) is 0 Å². The van der Waals surface area contributed by atoms with E-state index in [-0.39, 0.29) is 17.4 Å². The number of thiazole rings is 1. The Morgan fingerprint density at radius 3 is 2.65 bits per heavy atom. The van der Waals surface area contributed by atoms with Crippen LogP contribution in [0, 0.1) is 6.92 Å². The van der Waals surface area contributed by atoms with E-state index < -0.39 is 0 Å². The predicted molar refractivity (Wildman–Crippen MR) is 124 cm³/mol. The number of hydrogen-bond acceptors (Lipinski definition) is 4. The van der Waals surface area contributed by atoms with Crippen molar-refractivity contribution >= 4 is 23.2 Å². The van der Waals surface area contributed by atoms with Crippen molar-refractivity contribution < 1.29 is 9.59 Å². The van der Waals surface area contributed by atoms with Crippen LogP contribution in [0.1, 0.15) is 41.7 Å². The molecule has 1 fully saturated rings. The standard InChI is InChI=1S/C25H27N3O2S/c1-18-7-9-19(10-8-18)15-25(14-12-23(30)28-25)13-11-22(29)26-16-21-24(27-17-31-21)20-5-3-2-4-6-20/h2-10,17H,11-16H2,1H3,(H,26,29)(H,28,30)/t25-/m0/s1. The second-order valence-corrected chi connectivity index (χ2v) is 9.20. The number of rotatable bonds is 8. The summed E-state index contributed by atoms with van der Waals surface area (Å²) in [5, 5.41) is 6.20. The molecule has 5 nitrogen and oxygen atoms in total. The first-order chi connectivity index (χ1) is 15.0. The lowest BCUT2D eigenvalue weighted by Crippen LogP contribution is -2.44. The summed E-state index contributed by atoms with van der Waals surface area (Å²) in [4.78, 5) is 30.1. The molecule has 0 bridgehead atoms. The first-order valence-corrected chi connectivity index (χ1v) is 11.5. The molecule has 0 aliphatic carbocycles. The summed E-state index contributed by atoms with van der Waals surface area (Å²) >= 11 is 1.55. The Balaban J connectivity index is 1.35. The number of benzene rings is 2. The second-order valence-electron chi connectivity index (χ2n) is 8.26. The van der Waals surface area contributed by atoms with Gasteiger partial charge in [0, 0.05) is 23.9 Å². The van der Waals surface area contributed by atoms with E-state index in [1.165, 1.54) is 11.1 Å². The Kier molecular flexibility index (Phi) is 6.47. The predicted octanol–water partition coefficient (Wildman–Crippen LogP) is 4.41. The molecule has 2 heterocycles. The van der Waals surface area contributed by atoms with Gasteiger partial charge < -0.3 is 10.6 Å². The van der Waals surface area contributed by atoms with Gasteiger partial charge in [0.15, 0.2) is 0 Å². The number of carbonyl (C=O) groups excluding carboxylic acids is 2. The van der Waals surface area contributed by atoms with Gasteiger partial charge in [-0.2, -0.15) is 0 Å². The number of aromatic nitrogens is 1. The van der Waals surface area contributed by atoms with Gasteiger partial charge in [-0.3, -0.25) is 9.59 Å². The monoisotopic (exact) mass is 433 g/mol. The van der Waals surface area contributed by atoms with Gasteiger partial charge in [-0.1, -0.05) is 60.2 Å². The number of nitrogens with zero attached hydrogens (tertiary/aromatic N) is 1. The van der Waals surface area contributed by atoms with E-state index in [1.54, 1.807) is 11.3 Å². The lowest BCUT2D eigenvalue weighted by atomic mass is 9.84. The fraction of sp³-hybridized carbons (Fsp3) is 0.320. The third-order valence-corrected chi connectivity index (χ3v) is 6.70. The minimum atomic E-state index is -0.344. The zero-order chi connectivity index (χ0) is 21.7. The lowest BCUT2D eigenvalue weighted by molar-refractivity contribution is -0.122. The van der Waals surface area contributed by atoms with Gasteiger partial charge in [0.1, 0.15) is 0 Å². The number of amides is 2. The molecule has 31 heavy (non-hydrogen) atoms. The van der Waals surface area contributed by atoms with Gasteiger partial charge in [0.2, 0.25) is 11.8 Å². The molecular weight excluding hydrogens is 406 g/mol. The molecule has 0 saturated carbocycles. The van der Waals surface area contributed by atoms with Crippen molar-refractivity contribution in [2.24, 2.45) is 0 Å². The van der Waals surface area contributed by atoms with Crippen molar-refractivity contribution in [3.63, 3.8) is 0 Å². The number of nitrogens with one attached hydrogen (secondary N) is 2. The van der Waals surface area contributed by atoms with Crippen molar-refractivity contribution in [1.82, 2.24) is 15.6 Å². The molecule has 4 rings (SSSR count). The van der Waals surface area contributed by atoms with Gasteiger partial charge in [-0.25, -0.2) is 4.98 Å². The Labute approximate surface area is 186 Å². The molecule has 160 valence electrons. The molecule has 2 aromatic carbocycles. The Morgan fingerprint density at radius 2 is 1.94 bits per heavy atom. The summed E-state index contributed by atoms with van der Waals surface area (Å²) < 4.78 is 0. The van der Waals surface area contributed by atoms with Crippen LogP contribution in [0.15, 0.2) is 60.1 Å². The Bertz CT molecular complexity index is 1050. The second kappa shape index (κ2) is 9.43. The van der Waals surface area contributed by atoms with Crippen LogP contribution >= 0.6 is 11.3 Å². The Morgan fingerprint density at radius 1 is 1.16 bits per heavy atom. The molecule has 6 heteroatoms. The van der Waals surface area contributed by atoms with E-state index in [4.69, 9.17) is 0 Å². The summed E-state index contributed by atoms with van der Waals surface area (Å²) in [7, 11) is 0. The molecule has 1 aliphatic heterocycles. The van der Waals surface area contributed by atoms with Crippen molar-refractivity contribution in [3.8, 4) is 11.3 Å². The minimum Gasteiger partial charge on any atom is -0.351 e. The lowest BCUT2D eigenvalue weighted by Gasteiger charge is -2.29. The highest BCUT2D eigenvalue weighted by molar-refractivity contribution is 7.10. The van der Waals surface area contributed by atoms with E-state index in [2.05, 4.69) is 46.8 Å². The van der Waals surface area contributed by atoms with E-state index in [0.29, 0.717) is 25.8 Å². The first-order valence-electron chi connectivity index (χ1n) is 10.6.